The molecular weight excluding hydrogens is 480 g/mol. The molecule has 0 rings (SSSR count). The van der Waals surface area contributed by atoms with Gasteiger partial charge >= 0.3 is 217 Å². The van der Waals surface area contributed by atoms with Crippen LogP contribution in [0, 0.1) is 0 Å². The van der Waals surface area contributed by atoms with Gasteiger partial charge in [-0.15, -0.1) is 0 Å². The van der Waals surface area contributed by atoms with Crippen LogP contribution in [-0.4, -0.2) is 27.8 Å². The fourth-order valence-corrected chi connectivity index (χ4v) is 25.8. The summed E-state index contributed by atoms with van der Waals surface area (Å²) in [6, 6.07) is 6.98. The van der Waals surface area contributed by atoms with Gasteiger partial charge in [-0.25, -0.2) is 0 Å². The standard InChI is InChI=1S/2C9H21OSi.2C4H9O.Ti/c2*1-4-7-11(10,8-5-2)9-6-3;2*1-4(2,3)5;/h2*4-9H2,1-3H3;2*1-3H3;/q4*-1;+4. The molecule has 0 aromatic carbocycles. The number of hydrogen-bond donors (Lipinski definition) is 0. The second-order valence-corrected chi connectivity index (χ2v) is 24.3. The Morgan fingerprint density at radius 1 is 0.455 bits per heavy atom. The summed E-state index contributed by atoms with van der Waals surface area (Å²) in [6.07, 6.45) is 6.90. The summed E-state index contributed by atoms with van der Waals surface area (Å²) in [4.78, 5) is 0. The molecule has 0 amide bonds. The Bertz CT molecular complexity index is 437. The zero-order valence-corrected chi connectivity index (χ0v) is 28.2. The van der Waals surface area contributed by atoms with Crippen LogP contribution in [0.4, 0.5) is 0 Å². The molecule has 0 aromatic rings. The van der Waals surface area contributed by atoms with E-state index in [9.17, 15) is 0 Å². The minimum atomic E-state index is -4.14. The predicted octanol–water partition coefficient (Wildman–Crippen LogP) is 9.81. The van der Waals surface area contributed by atoms with Crippen LogP contribution in [0.15, 0.2) is 0 Å². The van der Waals surface area contributed by atoms with Gasteiger partial charge in [-0.1, -0.05) is 0 Å². The van der Waals surface area contributed by atoms with Crippen molar-refractivity contribution in [3.63, 3.8) is 0 Å². The van der Waals surface area contributed by atoms with Crippen LogP contribution in [-0.2, 0) is 30.8 Å². The topological polar surface area (TPSA) is 36.9 Å². The van der Waals surface area contributed by atoms with Crippen molar-refractivity contribution in [2.75, 3.05) is 0 Å². The third-order valence-electron chi connectivity index (χ3n) is 5.78. The molecule has 0 spiro atoms. The van der Waals surface area contributed by atoms with E-state index in [1.54, 1.807) is 0 Å². The van der Waals surface area contributed by atoms with Crippen LogP contribution in [0.25, 0.3) is 0 Å². The van der Waals surface area contributed by atoms with Crippen LogP contribution in [0.1, 0.15) is 122 Å². The van der Waals surface area contributed by atoms with Gasteiger partial charge in [0.15, 0.2) is 0 Å². The fourth-order valence-electron chi connectivity index (χ4n) is 5.20. The molecule has 0 N–H and O–H groups in total. The van der Waals surface area contributed by atoms with Crippen molar-refractivity contribution in [2.24, 2.45) is 0 Å². The molecule has 200 valence electrons. The van der Waals surface area contributed by atoms with Gasteiger partial charge < -0.3 is 0 Å². The van der Waals surface area contributed by atoms with Crippen molar-refractivity contribution in [2.45, 2.75) is 169 Å². The van der Waals surface area contributed by atoms with E-state index >= 15 is 0 Å². The second kappa shape index (κ2) is 15.3. The Morgan fingerprint density at radius 3 is 0.818 bits per heavy atom. The average molecular weight is 541 g/mol. The van der Waals surface area contributed by atoms with Crippen molar-refractivity contribution in [1.29, 1.82) is 0 Å². The molecule has 0 fully saturated rings. The third kappa shape index (κ3) is 13.2. The molecule has 0 heterocycles. The first kappa shape index (κ1) is 34.0. The molecule has 0 radical (unpaired) electrons. The summed E-state index contributed by atoms with van der Waals surface area (Å²) < 4.78 is 28.9. The first-order valence-corrected chi connectivity index (χ1v) is 21.6. The molecule has 0 unspecified atom stereocenters. The van der Waals surface area contributed by atoms with Crippen molar-refractivity contribution >= 4 is 16.6 Å². The van der Waals surface area contributed by atoms with E-state index < -0.39 is 34.8 Å². The first-order valence-electron chi connectivity index (χ1n) is 14.0. The van der Waals surface area contributed by atoms with E-state index in [0.29, 0.717) is 0 Å². The molecule has 33 heavy (non-hydrogen) atoms. The molecule has 0 aliphatic heterocycles. The third-order valence-corrected chi connectivity index (χ3v) is 24.7. The Balaban J connectivity index is 6.84. The summed E-state index contributed by atoms with van der Waals surface area (Å²) in [5.41, 5.74) is -0.748. The Labute approximate surface area is 215 Å². The zero-order chi connectivity index (χ0) is 25.8. The van der Waals surface area contributed by atoms with Crippen molar-refractivity contribution in [3.05, 3.63) is 0 Å². The molecule has 4 nitrogen and oxygen atoms in total. The van der Waals surface area contributed by atoms with Crippen molar-refractivity contribution in [3.8, 4) is 0 Å². The molecule has 0 bridgehead atoms. The molecule has 0 aliphatic carbocycles. The first-order chi connectivity index (χ1) is 15.2. The molecule has 0 aliphatic rings. The monoisotopic (exact) mass is 540 g/mol. The van der Waals surface area contributed by atoms with Gasteiger partial charge in [0.05, 0.1) is 0 Å². The Morgan fingerprint density at radius 2 is 0.667 bits per heavy atom. The molecule has 0 atom stereocenters. The SMILES string of the molecule is CCC[Si](CCC)(CCC)[O][Ti]([O]C(C)(C)C)([O]C(C)(C)C)[O][Si](CCC)(CCC)CCC. The van der Waals surface area contributed by atoms with E-state index in [-0.39, 0.29) is 11.2 Å². The van der Waals surface area contributed by atoms with Gasteiger partial charge in [-0.05, 0) is 0 Å². The summed E-state index contributed by atoms with van der Waals surface area (Å²) >= 11 is -4.14. The predicted molar refractivity (Wildman–Crippen MR) is 146 cm³/mol. The van der Waals surface area contributed by atoms with Crippen molar-refractivity contribution in [1.82, 2.24) is 0 Å². The van der Waals surface area contributed by atoms with Crippen LogP contribution < -0.4 is 0 Å². The van der Waals surface area contributed by atoms with E-state index in [1.165, 1.54) is 0 Å². The maximum atomic E-state index is 7.49. The van der Waals surface area contributed by atoms with Gasteiger partial charge in [0.2, 0.25) is 0 Å². The maximum absolute atomic E-state index is 7.49. The minimum absolute atomic E-state index is 0.374. The van der Waals surface area contributed by atoms with Crippen LogP contribution in [0.2, 0.25) is 36.3 Å². The quantitative estimate of drug-likeness (QED) is 0.162. The zero-order valence-electron chi connectivity index (χ0n) is 24.6. The Kier molecular flexibility index (Phi) is 15.7. The van der Waals surface area contributed by atoms with Crippen LogP contribution >= 0.6 is 0 Å². The molecule has 0 saturated carbocycles. The summed E-state index contributed by atoms with van der Waals surface area (Å²) in [6.45, 7) is 26.6. The average Bonchev–Trinajstić information content (AvgIpc) is 2.59. The van der Waals surface area contributed by atoms with Gasteiger partial charge in [0.1, 0.15) is 0 Å². The summed E-state index contributed by atoms with van der Waals surface area (Å²) in [7, 11) is -4.14. The number of rotatable bonds is 18. The molecule has 7 heteroatoms. The Hall–Kier alpha value is 0.988. The van der Waals surface area contributed by atoms with Crippen molar-refractivity contribution < 1.29 is 30.8 Å². The van der Waals surface area contributed by atoms with Gasteiger partial charge in [-0.3, -0.25) is 0 Å². The van der Waals surface area contributed by atoms with Gasteiger partial charge in [0, 0.05) is 0 Å². The second-order valence-electron chi connectivity index (χ2n) is 12.0. The van der Waals surface area contributed by atoms with Crippen LogP contribution in [0.5, 0.6) is 0 Å². The molecule has 0 saturated heterocycles. The molecular formula is C26H60O4Si2Ti. The van der Waals surface area contributed by atoms with Gasteiger partial charge in [-0.2, -0.15) is 0 Å². The summed E-state index contributed by atoms with van der Waals surface area (Å²) in [5.74, 6) is 0. The van der Waals surface area contributed by atoms with E-state index in [2.05, 4.69) is 83.1 Å². The van der Waals surface area contributed by atoms with E-state index in [0.717, 1.165) is 74.8 Å². The molecule has 0 aromatic heterocycles. The van der Waals surface area contributed by atoms with E-state index in [4.69, 9.17) is 12.7 Å². The van der Waals surface area contributed by atoms with E-state index in [1.807, 2.05) is 0 Å². The van der Waals surface area contributed by atoms with Crippen LogP contribution in [0.3, 0.4) is 0 Å². The fraction of sp³-hybridized carbons (Fsp3) is 1.00. The normalized spacial score (nSPS) is 14.2. The van der Waals surface area contributed by atoms with Gasteiger partial charge in [0.25, 0.3) is 0 Å². The number of hydrogen-bond acceptors (Lipinski definition) is 4. The summed E-state index contributed by atoms with van der Waals surface area (Å²) in [5, 5.41) is 0.